The predicted molar refractivity (Wildman–Crippen MR) is 79.0 cm³/mol. The fourth-order valence-electron chi connectivity index (χ4n) is 2.73. The van der Waals surface area contributed by atoms with E-state index in [0.29, 0.717) is 11.8 Å². The third kappa shape index (κ3) is 2.41. The summed E-state index contributed by atoms with van der Waals surface area (Å²) in [5.74, 6) is 0.349. The van der Waals surface area contributed by atoms with Crippen LogP contribution in [0.25, 0.3) is 0 Å². The molecule has 0 bridgehead atoms. The maximum atomic E-state index is 9.51. The van der Waals surface area contributed by atoms with Crippen LogP contribution in [0.15, 0.2) is 36.4 Å². The normalized spacial score (nSPS) is 17.3. The lowest BCUT2D eigenvalue weighted by atomic mass is 10.1. The molecule has 0 spiro atoms. The maximum absolute atomic E-state index is 9.51. The number of anilines is 1. The quantitative estimate of drug-likeness (QED) is 0.847. The number of aryl methyl sites for hydroxylation is 2. The number of benzene rings is 2. The summed E-state index contributed by atoms with van der Waals surface area (Å²) in [5.41, 5.74) is 4.80. The summed E-state index contributed by atoms with van der Waals surface area (Å²) in [5, 5.41) is 13.8. The minimum atomic E-state index is 0.315. The first-order valence-electron chi connectivity index (χ1n) is 6.48. The zero-order chi connectivity index (χ0) is 13.4. The molecule has 0 aromatic heterocycles. The molecule has 0 fully saturated rings. The Labute approximate surface area is 118 Å². The van der Waals surface area contributed by atoms with Gasteiger partial charge in [-0.2, -0.15) is 0 Å². The van der Waals surface area contributed by atoms with Crippen molar-refractivity contribution in [1.82, 2.24) is 0 Å². The molecule has 3 heteroatoms. The van der Waals surface area contributed by atoms with Gasteiger partial charge in [-0.15, -0.1) is 0 Å². The topological polar surface area (TPSA) is 32.3 Å². The second kappa shape index (κ2) is 4.78. The van der Waals surface area contributed by atoms with Crippen LogP contribution in [0.1, 0.15) is 29.2 Å². The Morgan fingerprint density at radius 3 is 2.84 bits per heavy atom. The van der Waals surface area contributed by atoms with Gasteiger partial charge >= 0.3 is 0 Å². The number of phenolic OH excluding ortho intramolecular Hbond substituents is 1. The lowest BCUT2D eigenvalue weighted by Crippen LogP contribution is -2.08. The van der Waals surface area contributed by atoms with E-state index in [1.807, 2.05) is 30.3 Å². The summed E-state index contributed by atoms with van der Waals surface area (Å²) in [6, 6.07) is 11.9. The smallest absolute Gasteiger partial charge is 0.115 e. The first-order valence-corrected chi connectivity index (χ1v) is 6.86. The highest BCUT2D eigenvalue weighted by atomic mass is 35.5. The molecule has 0 saturated heterocycles. The lowest BCUT2D eigenvalue weighted by molar-refractivity contribution is 0.474. The molecular weight excluding hydrogens is 258 g/mol. The molecule has 0 aliphatic heterocycles. The number of phenols is 1. The van der Waals surface area contributed by atoms with Crippen molar-refractivity contribution in [2.45, 2.75) is 25.8 Å². The van der Waals surface area contributed by atoms with Crippen molar-refractivity contribution in [3.05, 3.63) is 58.1 Å². The van der Waals surface area contributed by atoms with Gasteiger partial charge in [-0.3, -0.25) is 0 Å². The van der Waals surface area contributed by atoms with Crippen LogP contribution in [0.2, 0.25) is 5.02 Å². The average Bonchev–Trinajstić information content (AvgIpc) is 2.75. The summed E-state index contributed by atoms with van der Waals surface area (Å²) >= 11 is 5.98. The van der Waals surface area contributed by atoms with Crippen LogP contribution in [-0.4, -0.2) is 5.11 Å². The van der Waals surface area contributed by atoms with Crippen LogP contribution in [-0.2, 0) is 6.42 Å². The molecule has 98 valence electrons. The molecule has 2 aromatic rings. The average molecular weight is 274 g/mol. The van der Waals surface area contributed by atoms with Crippen LogP contribution < -0.4 is 5.32 Å². The lowest BCUT2D eigenvalue weighted by Gasteiger charge is -2.17. The van der Waals surface area contributed by atoms with Gasteiger partial charge in [0.2, 0.25) is 0 Å². The first-order chi connectivity index (χ1) is 9.13. The standard InChI is InChI=1S/C16H16ClNO/c1-10-8-12(17)3-7-15(10)18-16-6-2-11-9-13(19)4-5-14(11)16/h3-5,7-9,16,18-19H,2,6H2,1H3. The molecular formula is C16H16ClNO. The second-order valence-corrected chi connectivity index (χ2v) is 5.51. The van der Waals surface area contributed by atoms with Crippen LogP contribution in [0, 0.1) is 6.92 Å². The SMILES string of the molecule is Cc1cc(Cl)ccc1NC1CCc2cc(O)ccc21. The molecule has 3 rings (SSSR count). The van der Waals surface area contributed by atoms with E-state index < -0.39 is 0 Å². The van der Waals surface area contributed by atoms with E-state index in [4.69, 9.17) is 11.6 Å². The van der Waals surface area contributed by atoms with Gasteiger partial charge in [-0.25, -0.2) is 0 Å². The van der Waals surface area contributed by atoms with Crippen LogP contribution in [0.5, 0.6) is 5.75 Å². The summed E-state index contributed by atoms with van der Waals surface area (Å²) in [6.45, 7) is 2.06. The Bertz CT molecular complexity index is 624. The van der Waals surface area contributed by atoms with Crippen LogP contribution >= 0.6 is 11.6 Å². The molecule has 1 atom stereocenters. The van der Waals surface area contributed by atoms with E-state index in [2.05, 4.69) is 12.2 Å². The van der Waals surface area contributed by atoms with Crippen molar-refractivity contribution in [2.24, 2.45) is 0 Å². The van der Waals surface area contributed by atoms with E-state index in [0.717, 1.165) is 29.1 Å². The number of hydrogen-bond acceptors (Lipinski definition) is 2. The molecule has 19 heavy (non-hydrogen) atoms. The molecule has 1 aliphatic rings. The number of hydrogen-bond donors (Lipinski definition) is 2. The molecule has 1 aliphatic carbocycles. The maximum Gasteiger partial charge on any atom is 0.115 e. The monoisotopic (exact) mass is 273 g/mol. The van der Waals surface area contributed by atoms with Gasteiger partial charge in [-0.05, 0) is 66.8 Å². The molecule has 0 amide bonds. The number of aromatic hydroxyl groups is 1. The molecule has 1 unspecified atom stereocenters. The van der Waals surface area contributed by atoms with E-state index in [9.17, 15) is 5.11 Å². The Morgan fingerprint density at radius 2 is 2.05 bits per heavy atom. The Kier molecular flexibility index (Phi) is 3.11. The van der Waals surface area contributed by atoms with Gasteiger partial charge < -0.3 is 10.4 Å². The van der Waals surface area contributed by atoms with Gasteiger partial charge in [-0.1, -0.05) is 17.7 Å². The molecule has 2 aromatic carbocycles. The summed E-state index contributed by atoms with van der Waals surface area (Å²) in [4.78, 5) is 0. The predicted octanol–water partition coefficient (Wildman–Crippen LogP) is 4.45. The fourth-order valence-corrected chi connectivity index (χ4v) is 2.96. The summed E-state index contributed by atoms with van der Waals surface area (Å²) in [7, 11) is 0. The van der Waals surface area contributed by atoms with Crippen molar-refractivity contribution in [1.29, 1.82) is 0 Å². The van der Waals surface area contributed by atoms with Gasteiger partial charge in [0.15, 0.2) is 0 Å². The van der Waals surface area contributed by atoms with Crippen molar-refractivity contribution in [3.63, 3.8) is 0 Å². The van der Waals surface area contributed by atoms with Crippen LogP contribution in [0.3, 0.4) is 0 Å². The van der Waals surface area contributed by atoms with E-state index in [1.54, 1.807) is 6.07 Å². The Balaban J connectivity index is 1.86. The summed E-state index contributed by atoms with van der Waals surface area (Å²) < 4.78 is 0. The highest BCUT2D eigenvalue weighted by molar-refractivity contribution is 6.30. The molecule has 0 radical (unpaired) electrons. The number of fused-ring (bicyclic) bond motifs is 1. The molecule has 0 saturated carbocycles. The fraction of sp³-hybridized carbons (Fsp3) is 0.250. The first kappa shape index (κ1) is 12.4. The van der Waals surface area contributed by atoms with Crippen molar-refractivity contribution >= 4 is 17.3 Å². The van der Waals surface area contributed by atoms with Gasteiger partial charge in [0, 0.05) is 10.7 Å². The Morgan fingerprint density at radius 1 is 1.21 bits per heavy atom. The number of nitrogens with one attached hydrogen (secondary N) is 1. The molecule has 2 nitrogen and oxygen atoms in total. The van der Waals surface area contributed by atoms with Gasteiger partial charge in [0.1, 0.15) is 5.75 Å². The highest BCUT2D eigenvalue weighted by Gasteiger charge is 2.22. The van der Waals surface area contributed by atoms with Gasteiger partial charge in [0.05, 0.1) is 6.04 Å². The minimum Gasteiger partial charge on any atom is -0.508 e. The summed E-state index contributed by atoms with van der Waals surface area (Å²) in [6.07, 6.45) is 2.06. The van der Waals surface area contributed by atoms with E-state index in [1.165, 1.54) is 11.1 Å². The van der Waals surface area contributed by atoms with Crippen molar-refractivity contribution in [2.75, 3.05) is 5.32 Å². The number of rotatable bonds is 2. The second-order valence-electron chi connectivity index (χ2n) is 5.08. The third-order valence-corrected chi connectivity index (χ3v) is 3.96. The van der Waals surface area contributed by atoms with Crippen LogP contribution in [0.4, 0.5) is 5.69 Å². The van der Waals surface area contributed by atoms with Gasteiger partial charge in [0.25, 0.3) is 0 Å². The number of halogens is 1. The Hall–Kier alpha value is -1.67. The third-order valence-electron chi connectivity index (χ3n) is 3.72. The highest BCUT2D eigenvalue weighted by Crippen LogP contribution is 2.36. The molecule has 2 N–H and O–H groups in total. The zero-order valence-corrected chi connectivity index (χ0v) is 11.5. The van der Waals surface area contributed by atoms with Crippen molar-refractivity contribution in [3.8, 4) is 5.75 Å². The van der Waals surface area contributed by atoms with Crippen molar-refractivity contribution < 1.29 is 5.11 Å². The molecule has 0 heterocycles. The zero-order valence-electron chi connectivity index (χ0n) is 10.8. The van der Waals surface area contributed by atoms with E-state index in [-0.39, 0.29) is 0 Å². The minimum absolute atomic E-state index is 0.315. The largest absolute Gasteiger partial charge is 0.508 e. The van der Waals surface area contributed by atoms with E-state index >= 15 is 0 Å².